The molecule has 0 spiro atoms. The quantitative estimate of drug-likeness (QED) is 0.317. The molecule has 0 saturated carbocycles. The van der Waals surface area contributed by atoms with Crippen molar-refractivity contribution in [2.75, 3.05) is 0 Å². The van der Waals surface area contributed by atoms with Gasteiger partial charge in [0.15, 0.2) is 5.58 Å². The number of rotatable bonds is 4. The lowest BCUT2D eigenvalue weighted by atomic mass is 9.97. The predicted molar refractivity (Wildman–Crippen MR) is 131 cm³/mol. The summed E-state index contributed by atoms with van der Waals surface area (Å²) in [4.78, 5) is 0. The molecule has 0 amide bonds. The second-order valence-corrected chi connectivity index (χ2v) is 7.81. The van der Waals surface area contributed by atoms with Gasteiger partial charge in [-0.15, -0.1) is 0 Å². The van der Waals surface area contributed by atoms with Gasteiger partial charge in [0.05, 0.1) is 0 Å². The average Bonchev–Trinajstić information content (AvgIpc) is 3.23. The number of hydrogen-bond acceptors (Lipinski definition) is 3. The highest BCUT2D eigenvalue weighted by Crippen LogP contribution is 2.37. The Kier molecular flexibility index (Phi) is 4.44. The van der Waals surface area contributed by atoms with E-state index in [2.05, 4.69) is 72.8 Å². The van der Waals surface area contributed by atoms with Crippen LogP contribution in [0.15, 0.2) is 108 Å². The molecule has 4 heteroatoms. The molecular weight excluding hydrogens is 395 g/mol. The zero-order valence-electron chi connectivity index (χ0n) is 17.2. The fourth-order valence-corrected chi connectivity index (χ4v) is 4.34. The van der Waals surface area contributed by atoms with E-state index in [0.717, 1.165) is 27.5 Å². The van der Waals surface area contributed by atoms with Crippen LogP contribution in [0.1, 0.15) is 0 Å². The maximum absolute atomic E-state index is 9.04. The Morgan fingerprint density at radius 1 is 0.594 bits per heavy atom. The molecule has 1 N–H and O–H groups in total. The standard InChI is InChI=1S/C28H18BO3/c30-29-32-27-8-4-7-24-25-17-22(13-14-26(25)31-28(24)27)21-12-10-19-9-11-20(15-23(19)16-21)18-5-2-1-3-6-18/h1-17,30H. The highest BCUT2D eigenvalue weighted by Gasteiger charge is 2.13. The van der Waals surface area contributed by atoms with Crippen molar-refractivity contribution < 1.29 is 14.1 Å². The summed E-state index contributed by atoms with van der Waals surface area (Å²) in [6.45, 7) is 0. The molecule has 1 heterocycles. The average molecular weight is 413 g/mol. The van der Waals surface area contributed by atoms with Crippen LogP contribution in [0, 0.1) is 0 Å². The molecular formula is C28H18BO3. The summed E-state index contributed by atoms with van der Waals surface area (Å²) in [6, 6.07) is 35.5. The van der Waals surface area contributed by atoms with E-state index in [0.29, 0.717) is 19.0 Å². The van der Waals surface area contributed by atoms with Crippen molar-refractivity contribution in [3.05, 3.63) is 103 Å². The van der Waals surface area contributed by atoms with Gasteiger partial charge in [0.25, 0.3) is 0 Å². The Labute approximate surface area is 185 Å². The molecule has 1 aromatic heterocycles. The molecule has 0 atom stereocenters. The third-order valence-corrected chi connectivity index (χ3v) is 5.92. The summed E-state index contributed by atoms with van der Waals surface area (Å²) >= 11 is 0. The van der Waals surface area contributed by atoms with Gasteiger partial charge in [0.2, 0.25) is 0 Å². The maximum Gasteiger partial charge on any atom is 0.569 e. The van der Waals surface area contributed by atoms with E-state index in [4.69, 9.17) is 14.1 Å². The van der Waals surface area contributed by atoms with Crippen molar-refractivity contribution in [3.63, 3.8) is 0 Å². The third-order valence-electron chi connectivity index (χ3n) is 5.92. The number of para-hydroxylation sites is 1. The maximum atomic E-state index is 9.04. The van der Waals surface area contributed by atoms with Crippen LogP contribution >= 0.6 is 0 Å². The zero-order valence-corrected chi connectivity index (χ0v) is 17.2. The van der Waals surface area contributed by atoms with Crippen LogP contribution in [0.5, 0.6) is 5.75 Å². The van der Waals surface area contributed by atoms with Gasteiger partial charge >= 0.3 is 7.69 Å². The lowest BCUT2D eigenvalue weighted by molar-refractivity contribution is 0.451. The van der Waals surface area contributed by atoms with Gasteiger partial charge in [-0.05, 0) is 63.4 Å². The Hall–Kier alpha value is -4.02. The molecule has 0 aliphatic carbocycles. The lowest BCUT2D eigenvalue weighted by Crippen LogP contribution is -1.99. The second kappa shape index (κ2) is 7.59. The third kappa shape index (κ3) is 3.13. The summed E-state index contributed by atoms with van der Waals surface area (Å²) < 4.78 is 11.2. The largest absolute Gasteiger partial charge is 0.569 e. The monoisotopic (exact) mass is 413 g/mol. The minimum Gasteiger partial charge on any atom is -0.535 e. The topological polar surface area (TPSA) is 42.6 Å². The Morgan fingerprint density at radius 2 is 1.31 bits per heavy atom. The van der Waals surface area contributed by atoms with Crippen LogP contribution in [0.25, 0.3) is 55.0 Å². The summed E-state index contributed by atoms with van der Waals surface area (Å²) in [5.74, 6) is 0.488. The first-order valence-corrected chi connectivity index (χ1v) is 10.5. The molecule has 0 saturated heterocycles. The van der Waals surface area contributed by atoms with E-state index < -0.39 is 0 Å². The summed E-state index contributed by atoms with van der Waals surface area (Å²) in [5, 5.41) is 13.4. The zero-order chi connectivity index (χ0) is 21.5. The lowest BCUT2D eigenvalue weighted by Gasteiger charge is -2.07. The van der Waals surface area contributed by atoms with Crippen LogP contribution in [0.4, 0.5) is 0 Å². The van der Waals surface area contributed by atoms with Gasteiger partial charge in [0.1, 0.15) is 11.3 Å². The van der Waals surface area contributed by atoms with Gasteiger partial charge in [-0.1, -0.05) is 72.8 Å². The van der Waals surface area contributed by atoms with Crippen LogP contribution in [-0.2, 0) is 0 Å². The molecule has 0 bridgehead atoms. The van der Waals surface area contributed by atoms with Gasteiger partial charge in [-0.25, -0.2) is 0 Å². The molecule has 5 aromatic carbocycles. The van der Waals surface area contributed by atoms with Crippen molar-refractivity contribution in [1.82, 2.24) is 0 Å². The summed E-state index contributed by atoms with van der Waals surface area (Å²) in [7, 11) is 0.673. The van der Waals surface area contributed by atoms with Crippen molar-refractivity contribution in [3.8, 4) is 28.0 Å². The van der Waals surface area contributed by atoms with E-state index in [1.165, 1.54) is 21.9 Å². The fourth-order valence-electron chi connectivity index (χ4n) is 4.34. The second-order valence-electron chi connectivity index (χ2n) is 7.81. The van der Waals surface area contributed by atoms with Gasteiger partial charge < -0.3 is 14.1 Å². The number of furan rings is 1. The Morgan fingerprint density at radius 3 is 2.09 bits per heavy atom. The molecule has 0 aliphatic heterocycles. The summed E-state index contributed by atoms with van der Waals surface area (Å²) in [5.41, 5.74) is 6.09. The van der Waals surface area contributed by atoms with Crippen molar-refractivity contribution in [2.45, 2.75) is 0 Å². The highest BCUT2D eigenvalue weighted by molar-refractivity contribution is 6.18. The predicted octanol–water partition coefficient (Wildman–Crippen LogP) is 6.98. The Balaban J connectivity index is 1.48. The van der Waals surface area contributed by atoms with Crippen LogP contribution in [-0.4, -0.2) is 12.7 Å². The van der Waals surface area contributed by atoms with E-state index in [1.54, 1.807) is 6.07 Å². The number of hydrogen-bond donors (Lipinski definition) is 1. The molecule has 0 fully saturated rings. The van der Waals surface area contributed by atoms with Crippen LogP contribution in [0.2, 0.25) is 0 Å². The first-order chi connectivity index (χ1) is 15.8. The Bertz CT molecular complexity index is 1590. The molecule has 3 nitrogen and oxygen atoms in total. The van der Waals surface area contributed by atoms with Gasteiger partial charge in [0, 0.05) is 10.8 Å². The van der Waals surface area contributed by atoms with E-state index >= 15 is 0 Å². The van der Waals surface area contributed by atoms with Crippen LogP contribution in [0.3, 0.4) is 0 Å². The number of benzene rings is 5. The van der Waals surface area contributed by atoms with E-state index in [-0.39, 0.29) is 0 Å². The molecule has 6 aromatic rings. The fraction of sp³-hybridized carbons (Fsp3) is 0. The minimum absolute atomic E-state index is 0.488. The smallest absolute Gasteiger partial charge is 0.535 e. The van der Waals surface area contributed by atoms with Gasteiger partial charge in [-0.3, -0.25) is 0 Å². The molecule has 0 unspecified atom stereocenters. The van der Waals surface area contributed by atoms with E-state index in [1.807, 2.05) is 24.3 Å². The molecule has 151 valence electrons. The highest BCUT2D eigenvalue weighted by atomic mass is 16.5. The van der Waals surface area contributed by atoms with Gasteiger partial charge in [-0.2, -0.15) is 0 Å². The first kappa shape index (κ1) is 18.7. The van der Waals surface area contributed by atoms with E-state index in [9.17, 15) is 0 Å². The van der Waals surface area contributed by atoms with Crippen LogP contribution < -0.4 is 4.65 Å². The van der Waals surface area contributed by atoms with Crippen molar-refractivity contribution in [2.24, 2.45) is 0 Å². The minimum atomic E-state index is 0.488. The number of fused-ring (bicyclic) bond motifs is 4. The SMILES string of the molecule is O[B]Oc1cccc2c1oc1ccc(-c3ccc4ccc(-c5ccccc5)cc4c3)cc12. The normalized spacial score (nSPS) is 11.3. The molecule has 6 rings (SSSR count). The van der Waals surface area contributed by atoms with Crippen molar-refractivity contribution >= 4 is 40.4 Å². The van der Waals surface area contributed by atoms with Crippen molar-refractivity contribution in [1.29, 1.82) is 0 Å². The molecule has 32 heavy (non-hydrogen) atoms. The first-order valence-electron chi connectivity index (χ1n) is 10.5. The summed E-state index contributed by atoms with van der Waals surface area (Å²) in [6.07, 6.45) is 0. The molecule has 1 radical (unpaired) electrons. The molecule has 0 aliphatic rings.